The first-order valence-corrected chi connectivity index (χ1v) is 14.7. The van der Waals surface area contributed by atoms with Crippen LogP contribution in [-0.4, -0.2) is 64.8 Å². The second kappa shape index (κ2) is 10.1. The minimum absolute atomic E-state index is 0.0797. The Morgan fingerprint density at radius 2 is 1.90 bits per heavy atom. The Labute approximate surface area is 236 Å². The van der Waals surface area contributed by atoms with Gasteiger partial charge in [-0.2, -0.15) is 0 Å². The molecule has 2 N–H and O–H groups in total. The number of carbonyl (C=O) groups excluding carboxylic acids is 1. The molecular weight excluding hydrogens is 508 g/mol. The molecule has 8 heteroatoms. The second-order valence-corrected chi connectivity index (χ2v) is 13.1. The third kappa shape index (κ3) is 4.68. The molecule has 4 fully saturated rings. The van der Waals surface area contributed by atoms with Crippen LogP contribution in [0.3, 0.4) is 0 Å². The summed E-state index contributed by atoms with van der Waals surface area (Å²) in [6, 6.07) is 10.2. The fraction of sp³-hybridized carbons (Fsp3) is 0.562. The molecule has 0 radical (unpaired) electrons. The van der Waals surface area contributed by atoms with Crippen LogP contribution in [0.5, 0.6) is 0 Å². The fourth-order valence-electron chi connectivity index (χ4n) is 8.03. The first kappa shape index (κ1) is 27.2. The summed E-state index contributed by atoms with van der Waals surface area (Å²) in [7, 11) is 0. The van der Waals surface area contributed by atoms with Gasteiger partial charge in [-0.25, -0.2) is 13.8 Å². The Morgan fingerprint density at radius 3 is 2.60 bits per heavy atom. The van der Waals surface area contributed by atoms with E-state index in [1.807, 2.05) is 12.1 Å². The van der Waals surface area contributed by atoms with Crippen molar-refractivity contribution >= 4 is 17.6 Å². The maximum Gasteiger partial charge on any atom is 0.254 e. The van der Waals surface area contributed by atoms with E-state index >= 15 is 0 Å². The van der Waals surface area contributed by atoms with E-state index in [9.17, 15) is 13.6 Å². The lowest BCUT2D eigenvalue weighted by Gasteiger charge is -2.64. The van der Waals surface area contributed by atoms with E-state index in [4.69, 9.17) is 10.7 Å². The van der Waals surface area contributed by atoms with Gasteiger partial charge in [-0.15, -0.1) is 0 Å². The van der Waals surface area contributed by atoms with Gasteiger partial charge in [0.05, 0.1) is 5.69 Å². The highest BCUT2D eigenvalue weighted by atomic mass is 19.1. The van der Waals surface area contributed by atoms with Gasteiger partial charge in [0.15, 0.2) is 5.96 Å². The maximum atomic E-state index is 14.0. The number of carbonyl (C=O) groups is 1. The minimum atomic E-state index is -0.603. The number of guanidine groups is 1. The lowest BCUT2D eigenvalue weighted by molar-refractivity contribution is -0.147. The predicted octanol–water partition coefficient (Wildman–Crippen LogP) is 5.19. The lowest BCUT2D eigenvalue weighted by atomic mass is 9.44. The van der Waals surface area contributed by atoms with E-state index in [2.05, 4.69) is 37.5 Å². The van der Waals surface area contributed by atoms with E-state index in [1.165, 1.54) is 25.0 Å². The molecule has 5 aliphatic rings. The lowest BCUT2D eigenvalue weighted by Crippen LogP contribution is -2.65. The zero-order valence-corrected chi connectivity index (χ0v) is 24.0. The zero-order chi connectivity index (χ0) is 28.3. The van der Waals surface area contributed by atoms with Crippen LogP contribution in [0.2, 0.25) is 0 Å². The Bertz CT molecular complexity index is 1340. The van der Waals surface area contributed by atoms with Crippen molar-refractivity contribution in [3.05, 3.63) is 64.7 Å². The Hall–Kier alpha value is -3.00. The average molecular weight is 550 g/mol. The molecule has 1 saturated heterocycles. The molecule has 5 atom stereocenters. The summed E-state index contributed by atoms with van der Waals surface area (Å²) in [5.74, 6) is 1.66. The first-order valence-electron chi connectivity index (χ1n) is 14.7. The molecule has 1 amide bonds. The summed E-state index contributed by atoms with van der Waals surface area (Å²) in [4.78, 5) is 24.2. The van der Waals surface area contributed by atoms with Crippen LogP contribution < -0.4 is 5.73 Å². The van der Waals surface area contributed by atoms with Crippen LogP contribution in [0, 0.1) is 34.8 Å². The Balaban J connectivity index is 1.07. The van der Waals surface area contributed by atoms with Crippen LogP contribution >= 0.6 is 0 Å². The molecule has 6 nitrogen and oxygen atoms in total. The molecule has 0 spiro atoms. The van der Waals surface area contributed by atoms with Crippen molar-refractivity contribution in [1.82, 2.24) is 14.7 Å². The number of rotatable bonds is 5. The van der Waals surface area contributed by atoms with E-state index in [-0.39, 0.29) is 5.91 Å². The molecule has 2 bridgehead atoms. The zero-order valence-electron chi connectivity index (χ0n) is 24.0. The topological polar surface area (TPSA) is 65.2 Å². The molecular formula is C32H41F2N5O. The SMILES string of the molecule is C[C@H]1[C@@H](N2CCN(C(N)=Nc3ccc4c(c3)CN(CCc3ccc(F)cc3F)C4=O)C[C@@H]2C)C[C@@H]2C[C@@H]1C2(C)C. The second-order valence-electron chi connectivity index (χ2n) is 13.1. The number of nitrogens with zero attached hydrogens (tertiary/aromatic N) is 4. The quantitative estimate of drug-likeness (QED) is 0.412. The van der Waals surface area contributed by atoms with Crippen LogP contribution in [0.15, 0.2) is 41.4 Å². The Morgan fingerprint density at radius 1 is 1.10 bits per heavy atom. The number of amides is 1. The van der Waals surface area contributed by atoms with E-state index in [0.29, 0.717) is 54.1 Å². The number of hydrogen-bond donors (Lipinski definition) is 1. The van der Waals surface area contributed by atoms with E-state index < -0.39 is 11.6 Å². The average Bonchev–Trinajstić information content (AvgIpc) is 3.22. The highest BCUT2D eigenvalue weighted by Crippen LogP contribution is 2.62. The standard InChI is InChI=1S/C32H41F2N5O/c1-19-17-38(11-12-39(19)29-15-23-14-27(20(29)2)32(23,3)4)31(35)36-25-7-8-26-22(13-25)18-37(30(26)40)10-9-21-5-6-24(33)16-28(21)34/h5-8,13,16,19-20,23,27,29H,9-12,14-15,17-18H2,1-4H3,(H2,35,36)/t19-,20+,23-,27-,29-/m0/s1. The van der Waals surface area contributed by atoms with Crippen molar-refractivity contribution in [3.63, 3.8) is 0 Å². The van der Waals surface area contributed by atoms with Crippen molar-refractivity contribution in [2.45, 2.75) is 65.6 Å². The normalized spacial score (nSPS) is 29.9. The van der Waals surface area contributed by atoms with Crippen LogP contribution in [0.25, 0.3) is 0 Å². The number of halogens is 2. The van der Waals surface area contributed by atoms with Gasteiger partial charge in [0.25, 0.3) is 5.91 Å². The molecule has 3 saturated carbocycles. The molecule has 3 aliphatic carbocycles. The summed E-state index contributed by atoms with van der Waals surface area (Å²) < 4.78 is 27.3. The largest absolute Gasteiger partial charge is 0.369 e. The van der Waals surface area contributed by atoms with Gasteiger partial charge >= 0.3 is 0 Å². The number of piperazine rings is 1. The van der Waals surface area contributed by atoms with Gasteiger partial charge in [-0.3, -0.25) is 9.69 Å². The van der Waals surface area contributed by atoms with Gasteiger partial charge in [0, 0.05) is 56.4 Å². The number of hydrogen-bond acceptors (Lipinski definition) is 3. The maximum absolute atomic E-state index is 14.0. The van der Waals surface area contributed by atoms with E-state index in [1.54, 1.807) is 11.0 Å². The smallest absolute Gasteiger partial charge is 0.254 e. The number of fused-ring (bicyclic) bond motifs is 3. The molecule has 2 aromatic rings. The fourth-order valence-corrected chi connectivity index (χ4v) is 8.03. The van der Waals surface area contributed by atoms with E-state index in [0.717, 1.165) is 54.7 Å². The Kier molecular flexibility index (Phi) is 6.88. The van der Waals surface area contributed by atoms with Gasteiger partial charge in [0.1, 0.15) is 11.6 Å². The number of nitrogens with two attached hydrogens (primary N) is 1. The molecule has 2 aromatic carbocycles. The van der Waals surface area contributed by atoms with Gasteiger partial charge in [-0.05, 0) is 84.7 Å². The number of aliphatic imine (C=N–C) groups is 1. The summed E-state index contributed by atoms with van der Waals surface area (Å²) >= 11 is 0. The molecule has 40 heavy (non-hydrogen) atoms. The number of benzene rings is 2. The van der Waals surface area contributed by atoms with Crippen LogP contribution in [0.1, 0.15) is 62.0 Å². The monoisotopic (exact) mass is 549 g/mol. The highest BCUT2D eigenvalue weighted by molar-refractivity contribution is 5.99. The van der Waals surface area contributed by atoms with Crippen LogP contribution in [0.4, 0.5) is 14.5 Å². The van der Waals surface area contributed by atoms with Gasteiger partial charge in [-0.1, -0.05) is 26.8 Å². The summed E-state index contributed by atoms with van der Waals surface area (Å²) in [6.07, 6.45) is 3.03. The van der Waals surface area contributed by atoms with Crippen LogP contribution in [-0.2, 0) is 13.0 Å². The van der Waals surface area contributed by atoms with Crippen molar-refractivity contribution in [2.75, 3.05) is 26.2 Å². The highest BCUT2D eigenvalue weighted by Gasteiger charge is 2.57. The summed E-state index contributed by atoms with van der Waals surface area (Å²) in [5, 5.41) is 0. The molecule has 2 heterocycles. The molecule has 0 unspecified atom stereocenters. The predicted molar refractivity (Wildman–Crippen MR) is 153 cm³/mol. The third-order valence-electron chi connectivity index (χ3n) is 10.6. The third-order valence-corrected chi connectivity index (χ3v) is 10.6. The van der Waals surface area contributed by atoms with Crippen molar-refractivity contribution in [3.8, 4) is 0 Å². The molecule has 7 rings (SSSR count). The van der Waals surface area contributed by atoms with Crippen molar-refractivity contribution < 1.29 is 13.6 Å². The summed E-state index contributed by atoms with van der Waals surface area (Å²) in [5.41, 5.74) is 9.67. The van der Waals surface area contributed by atoms with Crippen molar-refractivity contribution in [1.29, 1.82) is 0 Å². The molecule has 214 valence electrons. The van der Waals surface area contributed by atoms with Crippen molar-refractivity contribution in [2.24, 2.45) is 33.9 Å². The molecule has 2 aliphatic heterocycles. The van der Waals surface area contributed by atoms with Gasteiger partial charge in [0.2, 0.25) is 0 Å². The first-order chi connectivity index (χ1) is 19.0. The minimum Gasteiger partial charge on any atom is -0.369 e. The molecule has 0 aromatic heterocycles. The summed E-state index contributed by atoms with van der Waals surface area (Å²) in [6.45, 7) is 13.2. The van der Waals surface area contributed by atoms with Gasteiger partial charge < -0.3 is 15.5 Å².